The monoisotopic (exact) mass is 284 g/mol. The maximum atomic E-state index is 11.7. The van der Waals surface area contributed by atoms with Gasteiger partial charge in [0, 0.05) is 12.3 Å². The van der Waals surface area contributed by atoms with Crippen LogP contribution < -0.4 is 10.5 Å². The predicted octanol–water partition coefficient (Wildman–Crippen LogP) is 0.842. The number of hydrogen-bond acceptors (Lipinski definition) is 4. The highest BCUT2D eigenvalue weighted by Crippen LogP contribution is 2.17. The number of carbonyl (C=O) groups excluding carboxylic acids is 1. The normalized spacial score (nSPS) is 19.3. The van der Waals surface area contributed by atoms with Gasteiger partial charge in [0.2, 0.25) is 15.9 Å². The molecule has 1 fully saturated rings. The van der Waals surface area contributed by atoms with Gasteiger partial charge in [-0.15, -0.1) is 0 Å². The second-order valence-electron chi connectivity index (χ2n) is 4.46. The second-order valence-corrected chi connectivity index (χ2v) is 6.02. The molecule has 1 aromatic rings. The van der Waals surface area contributed by atoms with Crippen molar-refractivity contribution in [3.8, 4) is 0 Å². The van der Waals surface area contributed by atoms with Crippen LogP contribution in [0, 0.1) is 0 Å². The molecule has 104 valence electrons. The number of sulfonamides is 1. The van der Waals surface area contributed by atoms with E-state index in [4.69, 9.17) is 9.88 Å². The largest absolute Gasteiger partial charge is 0.378 e. The van der Waals surface area contributed by atoms with Crippen molar-refractivity contribution in [1.82, 2.24) is 0 Å². The lowest BCUT2D eigenvalue weighted by Crippen LogP contribution is -2.19. The standard InChI is InChI=1S/C12H16N2O4S/c13-19(16,17)11-5-3-9(4-6-11)14-12(15)8-10-2-1-7-18-10/h3-6,10H,1-2,7-8H2,(H,14,15)(H2,13,16,17). The van der Waals surface area contributed by atoms with E-state index in [0.29, 0.717) is 18.7 Å². The van der Waals surface area contributed by atoms with Gasteiger partial charge < -0.3 is 10.1 Å². The molecule has 1 amide bonds. The molecule has 1 heterocycles. The van der Waals surface area contributed by atoms with Crippen molar-refractivity contribution in [1.29, 1.82) is 0 Å². The average molecular weight is 284 g/mol. The highest BCUT2D eigenvalue weighted by atomic mass is 32.2. The minimum absolute atomic E-state index is 0.0105. The Morgan fingerprint density at radius 1 is 1.37 bits per heavy atom. The first-order valence-electron chi connectivity index (χ1n) is 5.99. The third-order valence-corrected chi connectivity index (χ3v) is 3.83. The lowest BCUT2D eigenvalue weighted by molar-refractivity contribution is -0.118. The fourth-order valence-corrected chi connectivity index (χ4v) is 2.47. The molecule has 7 heteroatoms. The van der Waals surface area contributed by atoms with E-state index in [0.717, 1.165) is 12.8 Å². The molecule has 1 aliphatic heterocycles. The Bertz CT molecular complexity index is 548. The first-order chi connectivity index (χ1) is 8.95. The molecule has 0 aromatic heterocycles. The maximum absolute atomic E-state index is 11.7. The molecule has 2 rings (SSSR count). The summed E-state index contributed by atoms with van der Waals surface area (Å²) in [5, 5.41) is 7.68. The van der Waals surface area contributed by atoms with Crippen molar-refractivity contribution >= 4 is 21.6 Å². The summed E-state index contributed by atoms with van der Waals surface area (Å²) in [4.78, 5) is 11.7. The van der Waals surface area contributed by atoms with E-state index in [1.54, 1.807) is 0 Å². The van der Waals surface area contributed by atoms with Crippen molar-refractivity contribution in [3.05, 3.63) is 24.3 Å². The summed E-state index contributed by atoms with van der Waals surface area (Å²) >= 11 is 0. The fourth-order valence-electron chi connectivity index (χ4n) is 1.95. The van der Waals surface area contributed by atoms with E-state index in [2.05, 4.69) is 5.32 Å². The second kappa shape index (κ2) is 5.68. The van der Waals surface area contributed by atoms with Crippen LogP contribution in [0.5, 0.6) is 0 Å². The smallest absolute Gasteiger partial charge is 0.238 e. The van der Waals surface area contributed by atoms with Crippen molar-refractivity contribution in [2.75, 3.05) is 11.9 Å². The van der Waals surface area contributed by atoms with Gasteiger partial charge in [0.05, 0.1) is 17.4 Å². The summed E-state index contributed by atoms with van der Waals surface area (Å²) in [7, 11) is -3.70. The van der Waals surface area contributed by atoms with Crippen LogP contribution in [0.1, 0.15) is 19.3 Å². The fraction of sp³-hybridized carbons (Fsp3) is 0.417. The molecular weight excluding hydrogens is 268 g/mol. The summed E-state index contributed by atoms with van der Waals surface area (Å²) in [6, 6.07) is 5.73. The Morgan fingerprint density at radius 3 is 2.58 bits per heavy atom. The maximum Gasteiger partial charge on any atom is 0.238 e. The third kappa shape index (κ3) is 4.02. The molecule has 3 N–H and O–H groups in total. The molecule has 19 heavy (non-hydrogen) atoms. The van der Waals surface area contributed by atoms with Gasteiger partial charge >= 0.3 is 0 Å². The molecule has 0 aliphatic carbocycles. The molecule has 0 radical (unpaired) electrons. The molecule has 0 spiro atoms. The molecular formula is C12H16N2O4S. The molecule has 0 bridgehead atoms. The van der Waals surface area contributed by atoms with Gasteiger partial charge in [0.1, 0.15) is 0 Å². The van der Waals surface area contributed by atoms with Crippen LogP contribution >= 0.6 is 0 Å². The number of primary sulfonamides is 1. The molecule has 0 saturated carbocycles. The van der Waals surface area contributed by atoms with E-state index in [-0.39, 0.29) is 16.9 Å². The van der Waals surface area contributed by atoms with E-state index < -0.39 is 10.0 Å². The van der Waals surface area contributed by atoms with E-state index in [1.807, 2.05) is 0 Å². The minimum Gasteiger partial charge on any atom is -0.378 e. The molecule has 1 saturated heterocycles. The van der Waals surface area contributed by atoms with Crippen molar-refractivity contribution < 1.29 is 17.9 Å². The van der Waals surface area contributed by atoms with Crippen LogP contribution in [0.4, 0.5) is 5.69 Å². The van der Waals surface area contributed by atoms with Crippen molar-refractivity contribution in [2.24, 2.45) is 5.14 Å². The third-order valence-electron chi connectivity index (χ3n) is 2.90. The molecule has 1 unspecified atom stereocenters. The van der Waals surface area contributed by atoms with Crippen LogP contribution in [0.25, 0.3) is 0 Å². The van der Waals surface area contributed by atoms with Gasteiger partial charge in [-0.3, -0.25) is 4.79 Å². The Morgan fingerprint density at radius 2 is 2.05 bits per heavy atom. The predicted molar refractivity (Wildman–Crippen MR) is 70.0 cm³/mol. The van der Waals surface area contributed by atoms with Crippen molar-refractivity contribution in [2.45, 2.75) is 30.3 Å². The van der Waals surface area contributed by atoms with Crippen molar-refractivity contribution in [3.63, 3.8) is 0 Å². The summed E-state index contributed by atoms with van der Waals surface area (Å²) < 4.78 is 27.5. The number of anilines is 1. The van der Waals surface area contributed by atoms with Gasteiger partial charge in [-0.2, -0.15) is 0 Å². The Balaban J connectivity index is 1.93. The summed E-state index contributed by atoms with van der Waals surface area (Å²) in [5.74, 6) is -0.143. The number of ether oxygens (including phenoxy) is 1. The quantitative estimate of drug-likeness (QED) is 0.856. The zero-order chi connectivity index (χ0) is 13.9. The van der Waals surface area contributed by atoms with Crippen LogP contribution in [-0.2, 0) is 19.6 Å². The SMILES string of the molecule is NS(=O)(=O)c1ccc(NC(=O)CC2CCCO2)cc1. The summed E-state index contributed by atoms with van der Waals surface area (Å²) in [5.41, 5.74) is 0.537. The molecule has 1 aromatic carbocycles. The first-order valence-corrected chi connectivity index (χ1v) is 7.54. The van der Waals surface area contributed by atoms with E-state index >= 15 is 0 Å². The Hall–Kier alpha value is -1.44. The van der Waals surface area contributed by atoms with Crippen LogP contribution in [0.2, 0.25) is 0 Å². The van der Waals surface area contributed by atoms with Gasteiger partial charge in [-0.1, -0.05) is 0 Å². The highest BCUT2D eigenvalue weighted by molar-refractivity contribution is 7.89. The van der Waals surface area contributed by atoms with E-state index in [1.165, 1.54) is 24.3 Å². The Kier molecular flexibility index (Phi) is 4.18. The Labute approximate surface area is 112 Å². The highest BCUT2D eigenvalue weighted by Gasteiger charge is 2.19. The number of amides is 1. The number of rotatable bonds is 4. The molecule has 6 nitrogen and oxygen atoms in total. The summed E-state index contributed by atoms with van der Waals surface area (Å²) in [6.45, 7) is 0.709. The van der Waals surface area contributed by atoms with Gasteiger partial charge in [0.15, 0.2) is 0 Å². The van der Waals surface area contributed by atoms with Gasteiger partial charge in [0.25, 0.3) is 0 Å². The topological polar surface area (TPSA) is 98.5 Å². The number of hydrogen-bond donors (Lipinski definition) is 2. The van der Waals surface area contributed by atoms with E-state index in [9.17, 15) is 13.2 Å². The number of benzene rings is 1. The van der Waals surface area contributed by atoms with Crippen LogP contribution in [0.15, 0.2) is 29.2 Å². The van der Waals surface area contributed by atoms with Gasteiger partial charge in [-0.25, -0.2) is 13.6 Å². The molecule has 1 atom stereocenters. The zero-order valence-electron chi connectivity index (χ0n) is 10.3. The number of nitrogens with one attached hydrogen (secondary N) is 1. The van der Waals surface area contributed by atoms with Crippen LogP contribution in [-0.4, -0.2) is 27.0 Å². The van der Waals surface area contributed by atoms with Crippen LogP contribution in [0.3, 0.4) is 0 Å². The lowest BCUT2D eigenvalue weighted by atomic mass is 10.2. The minimum atomic E-state index is -3.70. The zero-order valence-corrected chi connectivity index (χ0v) is 11.2. The number of nitrogens with two attached hydrogens (primary N) is 1. The first kappa shape index (κ1) is 14.0. The summed E-state index contributed by atoms with van der Waals surface area (Å²) in [6.07, 6.45) is 2.19. The van der Waals surface area contributed by atoms with Gasteiger partial charge in [-0.05, 0) is 37.1 Å². The number of carbonyl (C=O) groups is 1. The molecule has 1 aliphatic rings. The lowest BCUT2D eigenvalue weighted by Gasteiger charge is -2.10. The average Bonchev–Trinajstić information content (AvgIpc) is 2.81.